The SMILES string of the molecule is COc1cc(/C=C(\C#N)c2nc(-c3ccc(C)cc3)no2)cc(OC)c1. The summed E-state index contributed by atoms with van der Waals surface area (Å²) in [5.41, 5.74) is 2.95. The van der Waals surface area contributed by atoms with Crippen LogP contribution in [0.4, 0.5) is 0 Å². The Kier molecular flexibility index (Phi) is 4.99. The van der Waals surface area contributed by atoms with Gasteiger partial charge in [0.25, 0.3) is 5.89 Å². The topological polar surface area (TPSA) is 81.2 Å². The van der Waals surface area contributed by atoms with Crippen molar-refractivity contribution in [2.45, 2.75) is 6.92 Å². The highest BCUT2D eigenvalue weighted by molar-refractivity contribution is 5.87. The lowest BCUT2D eigenvalue weighted by molar-refractivity contribution is 0.394. The van der Waals surface area contributed by atoms with E-state index in [0.717, 1.165) is 16.7 Å². The predicted octanol–water partition coefficient (Wildman–Crippen LogP) is 4.13. The van der Waals surface area contributed by atoms with E-state index < -0.39 is 0 Å². The molecule has 26 heavy (non-hydrogen) atoms. The van der Waals surface area contributed by atoms with Crippen LogP contribution in [0.2, 0.25) is 0 Å². The second kappa shape index (κ2) is 7.53. The van der Waals surface area contributed by atoms with Crippen LogP contribution in [0.3, 0.4) is 0 Å². The molecule has 0 radical (unpaired) electrons. The fraction of sp³-hybridized carbons (Fsp3) is 0.150. The standard InChI is InChI=1S/C20H17N3O3/c1-13-4-6-15(7-5-13)19-22-20(26-23-19)16(12-21)8-14-9-17(24-2)11-18(10-14)25-3/h4-11H,1-3H3/b16-8+. The van der Waals surface area contributed by atoms with Crippen molar-refractivity contribution in [1.82, 2.24) is 10.1 Å². The molecule has 0 unspecified atom stereocenters. The number of aromatic nitrogens is 2. The van der Waals surface area contributed by atoms with E-state index >= 15 is 0 Å². The Morgan fingerprint density at radius 3 is 2.31 bits per heavy atom. The summed E-state index contributed by atoms with van der Waals surface area (Å²) in [6, 6.07) is 15.2. The minimum Gasteiger partial charge on any atom is -0.497 e. The molecule has 1 heterocycles. The van der Waals surface area contributed by atoms with Crippen LogP contribution in [0.15, 0.2) is 47.0 Å². The molecule has 0 aliphatic carbocycles. The lowest BCUT2D eigenvalue weighted by Gasteiger charge is -2.05. The molecule has 130 valence electrons. The van der Waals surface area contributed by atoms with E-state index in [-0.39, 0.29) is 11.5 Å². The number of hydrogen-bond acceptors (Lipinski definition) is 6. The van der Waals surface area contributed by atoms with Gasteiger partial charge in [0.15, 0.2) is 0 Å². The van der Waals surface area contributed by atoms with Gasteiger partial charge in [-0.05, 0) is 30.7 Å². The lowest BCUT2D eigenvalue weighted by atomic mass is 10.1. The van der Waals surface area contributed by atoms with Gasteiger partial charge >= 0.3 is 0 Å². The number of methoxy groups -OCH3 is 2. The number of allylic oxidation sites excluding steroid dienone is 1. The average molecular weight is 347 g/mol. The Morgan fingerprint density at radius 2 is 1.73 bits per heavy atom. The number of aryl methyl sites for hydroxylation is 1. The van der Waals surface area contributed by atoms with Gasteiger partial charge < -0.3 is 14.0 Å². The third-order valence-electron chi connectivity index (χ3n) is 3.77. The highest BCUT2D eigenvalue weighted by Crippen LogP contribution is 2.26. The molecule has 0 atom stereocenters. The zero-order chi connectivity index (χ0) is 18.5. The molecule has 0 saturated carbocycles. The number of rotatable bonds is 5. The average Bonchev–Trinajstić information content (AvgIpc) is 3.16. The molecule has 0 amide bonds. The molecule has 6 nitrogen and oxygen atoms in total. The number of nitriles is 1. The molecule has 6 heteroatoms. The first-order valence-corrected chi connectivity index (χ1v) is 7.89. The molecule has 2 aromatic carbocycles. The van der Waals surface area contributed by atoms with E-state index in [4.69, 9.17) is 14.0 Å². The van der Waals surface area contributed by atoms with Crippen LogP contribution in [-0.2, 0) is 0 Å². The molecule has 0 bridgehead atoms. The number of hydrogen-bond donors (Lipinski definition) is 0. The maximum atomic E-state index is 9.50. The third-order valence-corrected chi connectivity index (χ3v) is 3.77. The first kappa shape index (κ1) is 17.2. The molecule has 0 fully saturated rings. The predicted molar refractivity (Wildman–Crippen MR) is 97.5 cm³/mol. The largest absolute Gasteiger partial charge is 0.497 e. The van der Waals surface area contributed by atoms with Crippen LogP contribution < -0.4 is 9.47 Å². The Morgan fingerprint density at radius 1 is 1.08 bits per heavy atom. The second-order valence-electron chi connectivity index (χ2n) is 5.60. The number of benzene rings is 2. The molecule has 1 aromatic heterocycles. The Bertz CT molecular complexity index is 960. The van der Waals surface area contributed by atoms with E-state index in [0.29, 0.717) is 17.3 Å². The summed E-state index contributed by atoms with van der Waals surface area (Å²) in [5, 5.41) is 13.5. The lowest BCUT2D eigenvalue weighted by Crippen LogP contribution is -1.89. The molecule has 0 saturated heterocycles. The minimum atomic E-state index is 0.157. The minimum absolute atomic E-state index is 0.157. The van der Waals surface area contributed by atoms with Gasteiger partial charge in [-0.15, -0.1) is 0 Å². The Balaban J connectivity index is 1.96. The normalized spacial score (nSPS) is 11.1. The summed E-state index contributed by atoms with van der Waals surface area (Å²) >= 11 is 0. The highest BCUT2D eigenvalue weighted by atomic mass is 16.5. The summed E-state index contributed by atoms with van der Waals surface area (Å²) in [5.74, 6) is 1.84. The summed E-state index contributed by atoms with van der Waals surface area (Å²) in [6.45, 7) is 2.00. The van der Waals surface area contributed by atoms with E-state index in [9.17, 15) is 5.26 Å². The van der Waals surface area contributed by atoms with Crippen LogP contribution >= 0.6 is 0 Å². The molecular weight excluding hydrogens is 330 g/mol. The molecule has 0 N–H and O–H groups in total. The molecule has 3 rings (SSSR count). The van der Waals surface area contributed by atoms with Crippen molar-refractivity contribution in [1.29, 1.82) is 5.26 Å². The number of nitrogens with zero attached hydrogens (tertiary/aromatic N) is 3. The van der Waals surface area contributed by atoms with Crippen LogP contribution in [0.25, 0.3) is 23.0 Å². The van der Waals surface area contributed by atoms with Crippen molar-refractivity contribution < 1.29 is 14.0 Å². The third kappa shape index (κ3) is 3.73. The molecule has 0 aliphatic rings. The van der Waals surface area contributed by atoms with Crippen LogP contribution in [0, 0.1) is 18.3 Å². The second-order valence-corrected chi connectivity index (χ2v) is 5.60. The van der Waals surface area contributed by atoms with Gasteiger partial charge in [0, 0.05) is 11.6 Å². The van der Waals surface area contributed by atoms with Crippen molar-refractivity contribution >= 4 is 11.6 Å². The van der Waals surface area contributed by atoms with Gasteiger partial charge in [-0.1, -0.05) is 35.0 Å². The maximum Gasteiger partial charge on any atom is 0.268 e. The Hall–Kier alpha value is -3.59. The van der Waals surface area contributed by atoms with Crippen molar-refractivity contribution in [3.8, 4) is 29.0 Å². The quantitative estimate of drug-likeness (QED) is 0.646. The van der Waals surface area contributed by atoms with E-state index in [1.165, 1.54) is 0 Å². The summed E-state index contributed by atoms with van der Waals surface area (Å²) in [4.78, 5) is 4.33. The van der Waals surface area contributed by atoms with Gasteiger partial charge in [-0.2, -0.15) is 10.2 Å². The maximum absolute atomic E-state index is 9.50. The fourth-order valence-corrected chi connectivity index (χ4v) is 2.37. The zero-order valence-electron chi connectivity index (χ0n) is 14.7. The van der Waals surface area contributed by atoms with Crippen molar-refractivity contribution in [2.24, 2.45) is 0 Å². The molecule has 3 aromatic rings. The van der Waals surface area contributed by atoms with E-state index in [1.807, 2.05) is 31.2 Å². The smallest absolute Gasteiger partial charge is 0.268 e. The van der Waals surface area contributed by atoms with Crippen molar-refractivity contribution in [3.05, 3.63) is 59.5 Å². The molecular formula is C20H17N3O3. The van der Waals surface area contributed by atoms with Crippen LogP contribution in [-0.4, -0.2) is 24.4 Å². The Labute approximate surface area is 151 Å². The highest BCUT2D eigenvalue weighted by Gasteiger charge is 2.13. The summed E-state index contributed by atoms with van der Waals surface area (Å²) < 4.78 is 15.8. The van der Waals surface area contributed by atoms with Gasteiger partial charge in [-0.3, -0.25) is 0 Å². The first-order chi connectivity index (χ1) is 12.6. The van der Waals surface area contributed by atoms with Crippen molar-refractivity contribution in [3.63, 3.8) is 0 Å². The van der Waals surface area contributed by atoms with Crippen LogP contribution in [0.1, 0.15) is 17.0 Å². The van der Waals surface area contributed by atoms with Gasteiger partial charge in [0.1, 0.15) is 23.1 Å². The monoisotopic (exact) mass is 347 g/mol. The zero-order valence-corrected chi connectivity index (χ0v) is 14.7. The molecule has 0 aliphatic heterocycles. The van der Waals surface area contributed by atoms with E-state index in [1.54, 1.807) is 38.5 Å². The number of ether oxygens (including phenoxy) is 2. The van der Waals surface area contributed by atoms with Crippen LogP contribution in [0.5, 0.6) is 11.5 Å². The summed E-state index contributed by atoms with van der Waals surface area (Å²) in [6.07, 6.45) is 1.65. The van der Waals surface area contributed by atoms with Gasteiger partial charge in [0.05, 0.1) is 14.2 Å². The first-order valence-electron chi connectivity index (χ1n) is 7.89. The van der Waals surface area contributed by atoms with Gasteiger partial charge in [0.2, 0.25) is 5.82 Å². The van der Waals surface area contributed by atoms with Gasteiger partial charge in [-0.25, -0.2) is 0 Å². The fourth-order valence-electron chi connectivity index (χ4n) is 2.37. The molecule has 0 spiro atoms. The summed E-state index contributed by atoms with van der Waals surface area (Å²) in [7, 11) is 3.14. The van der Waals surface area contributed by atoms with Crippen molar-refractivity contribution in [2.75, 3.05) is 14.2 Å². The van der Waals surface area contributed by atoms with E-state index in [2.05, 4.69) is 16.2 Å².